The van der Waals surface area contributed by atoms with Gasteiger partial charge in [-0.3, -0.25) is 0 Å². The van der Waals surface area contributed by atoms with E-state index in [1.54, 1.807) is 0 Å². The molecule has 0 heterocycles. The van der Waals surface area contributed by atoms with Crippen molar-refractivity contribution in [1.82, 2.24) is 0 Å². The van der Waals surface area contributed by atoms with Crippen LogP contribution in [0, 0.1) is 5.82 Å². The van der Waals surface area contributed by atoms with E-state index in [0.29, 0.717) is 0 Å². The average molecular weight is 226 g/mol. The van der Waals surface area contributed by atoms with Crippen LogP contribution < -0.4 is 10.5 Å². The Kier molecular flexibility index (Phi) is 3.60. The molecule has 0 spiro atoms. The molecule has 0 saturated heterocycles. The standard InChI is InChI=1S/C8H7ClF3NO/c9-5-1-4(3-13)7(2-6(5)10)14-8(11)12/h1-2,8H,3,13H2. The first-order chi connectivity index (χ1) is 6.54. The zero-order valence-corrected chi connectivity index (χ0v) is 7.69. The second kappa shape index (κ2) is 4.52. The van der Waals surface area contributed by atoms with Gasteiger partial charge in [0.15, 0.2) is 0 Å². The van der Waals surface area contributed by atoms with E-state index in [1.165, 1.54) is 0 Å². The van der Waals surface area contributed by atoms with Crippen LogP contribution in [-0.4, -0.2) is 6.61 Å². The third-order valence-corrected chi connectivity index (χ3v) is 1.83. The van der Waals surface area contributed by atoms with Crippen LogP contribution in [0.15, 0.2) is 12.1 Å². The summed E-state index contributed by atoms with van der Waals surface area (Å²) in [6.45, 7) is -3.07. The van der Waals surface area contributed by atoms with Gasteiger partial charge in [-0.2, -0.15) is 8.78 Å². The minimum Gasteiger partial charge on any atom is -0.434 e. The van der Waals surface area contributed by atoms with Gasteiger partial charge in [0.25, 0.3) is 0 Å². The zero-order chi connectivity index (χ0) is 10.7. The number of nitrogens with two attached hydrogens (primary N) is 1. The third-order valence-electron chi connectivity index (χ3n) is 1.54. The lowest BCUT2D eigenvalue weighted by Crippen LogP contribution is -2.07. The Bertz CT molecular complexity index is 333. The Morgan fingerprint density at radius 1 is 1.43 bits per heavy atom. The molecule has 1 aromatic carbocycles. The molecule has 1 rings (SSSR count). The predicted molar refractivity (Wildman–Crippen MR) is 45.9 cm³/mol. The van der Waals surface area contributed by atoms with Gasteiger partial charge in [-0.1, -0.05) is 11.6 Å². The molecule has 0 bridgehead atoms. The van der Waals surface area contributed by atoms with Crippen molar-refractivity contribution in [3.8, 4) is 5.75 Å². The summed E-state index contributed by atoms with van der Waals surface area (Å²) < 4.78 is 40.6. The summed E-state index contributed by atoms with van der Waals surface area (Å²) in [6.07, 6.45) is 0. The molecule has 0 unspecified atom stereocenters. The first kappa shape index (κ1) is 11.1. The van der Waals surface area contributed by atoms with Crippen LogP contribution >= 0.6 is 11.6 Å². The molecule has 2 nitrogen and oxygen atoms in total. The summed E-state index contributed by atoms with van der Waals surface area (Å²) >= 11 is 5.43. The molecule has 0 amide bonds. The fourth-order valence-corrected chi connectivity index (χ4v) is 1.12. The van der Waals surface area contributed by atoms with Gasteiger partial charge in [0, 0.05) is 18.2 Å². The van der Waals surface area contributed by atoms with Crippen molar-refractivity contribution in [2.75, 3.05) is 0 Å². The lowest BCUT2D eigenvalue weighted by molar-refractivity contribution is -0.0505. The second-order valence-electron chi connectivity index (χ2n) is 2.46. The number of hydrogen-bond donors (Lipinski definition) is 1. The highest BCUT2D eigenvalue weighted by Crippen LogP contribution is 2.26. The van der Waals surface area contributed by atoms with Gasteiger partial charge in [-0.25, -0.2) is 4.39 Å². The maximum Gasteiger partial charge on any atom is 0.387 e. The third kappa shape index (κ3) is 2.52. The molecule has 0 aromatic heterocycles. The largest absolute Gasteiger partial charge is 0.434 e. The number of ether oxygens (including phenoxy) is 1. The van der Waals surface area contributed by atoms with Crippen molar-refractivity contribution in [1.29, 1.82) is 0 Å². The van der Waals surface area contributed by atoms with Crippen LogP contribution in [-0.2, 0) is 6.54 Å². The van der Waals surface area contributed by atoms with E-state index in [0.717, 1.165) is 12.1 Å². The van der Waals surface area contributed by atoms with E-state index in [2.05, 4.69) is 4.74 Å². The van der Waals surface area contributed by atoms with Crippen LogP contribution in [0.3, 0.4) is 0 Å². The molecule has 0 radical (unpaired) electrons. The SMILES string of the molecule is NCc1cc(Cl)c(F)cc1OC(F)F. The fraction of sp³-hybridized carbons (Fsp3) is 0.250. The van der Waals surface area contributed by atoms with Crippen molar-refractivity contribution in [3.05, 3.63) is 28.5 Å². The van der Waals surface area contributed by atoms with E-state index in [-0.39, 0.29) is 22.9 Å². The molecule has 0 saturated carbocycles. The van der Waals surface area contributed by atoms with Crippen LogP contribution in [0.2, 0.25) is 5.02 Å². The fourth-order valence-electron chi connectivity index (χ4n) is 0.935. The molecule has 14 heavy (non-hydrogen) atoms. The van der Waals surface area contributed by atoms with E-state index < -0.39 is 12.4 Å². The minimum atomic E-state index is -3.01. The first-order valence-corrected chi connectivity index (χ1v) is 4.05. The number of halogens is 4. The number of hydrogen-bond acceptors (Lipinski definition) is 2. The molecule has 0 fully saturated rings. The normalized spacial score (nSPS) is 10.7. The first-order valence-electron chi connectivity index (χ1n) is 3.67. The van der Waals surface area contributed by atoms with Crippen molar-refractivity contribution in [2.45, 2.75) is 13.2 Å². The molecule has 78 valence electrons. The summed E-state index contributed by atoms with van der Waals surface area (Å²) in [7, 11) is 0. The molecule has 2 N–H and O–H groups in total. The molecule has 0 atom stereocenters. The molecule has 0 aliphatic rings. The highest BCUT2D eigenvalue weighted by Gasteiger charge is 2.12. The Morgan fingerprint density at radius 3 is 2.57 bits per heavy atom. The summed E-state index contributed by atoms with van der Waals surface area (Å²) in [5, 5.41) is -0.174. The van der Waals surface area contributed by atoms with E-state index in [4.69, 9.17) is 17.3 Å². The van der Waals surface area contributed by atoms with Gasteiger partial charge in [-0.05, 0) is 6.07 Å². The van der Waals surface area contributed by atoms with Gasteiger partial charge in [0.2, 0.25) is 0 Å². The maximum atomic E-state index is 12.8. The summed E-state index contributed by atoms with van der Waals surface area (Å²) in [5.41, 5.74) is 5.47. The highest BCUT2D eigenvalue weighted by atomic mass is 35.5. The topological polar surface area (TPSA) is 35.2 Å². The Hall–Kier alpha value is -0.940. The predicted octanol–water partition coefficient (Wildman–Crippen LogP) is 2.54. The Labute approximate surface area is 83.4 Å². The number of alkyl halides is 2. The van der Waals surface area contributed by atoms with Gasteiger partial charge in [0.1, 0.15) is 11.6 Å². The lowest BCUT2D eigenvalue weighted by atomic mass is 10.2. The Balaban J connectivity index is 3.07. The van der Waals surface area contributed by atoms with Gasteiger partial charge < -0.3 is 10.5 Å². The number of rotatable bonds is 3. The van der Waals surface area contributed by atoms with Gasteiger partial charge in [-0.15, -0.1) is 0 Å². The van der Waals surface area contributed by atoms with Gasteiger partial charge >= 0.3 is 6.61 Å². The molecule has 1 aromatic rings. The number of benzene rings is 1. The maximum absolute atomic E-state index is 12.8. The van der Waals surface area contributed by atoms with Crippen molar-refractivity contribution in [3.63, 3.8) is 0 Å². The molecule has 0 aliphatic carbocycles. The minimum absolute atomic E-state index is 0.0535. The summed E-state index contributed by atoms with van der Waals surface area (Å²) in [4.78, 5) is 0. The lowest BCUT2D eigenvalue weighted by Gasteiger charge is -2.09. The van der Waals surface area contributed by atoms with Crippen LogP contribution in [0.25, 0.3) is 0 Å². The van der Waals surface area contributed by atoms with E-state index >= 15 is 0 Å². The van der Waals surface area contributed by atoms with Crippen molar-refractivity contribution >= 4 is 11.6 Å². The van der Waals surface area contributed by atoms with Crippen molar-refractivity contribution < 1.29 is 17.9 Å². The van der Waals surface area contributed by atoms with Crippen molar-refractivity contribution in [2.24, 2.45) is 5.73 Å². The molecule has 0 aliphatic heterocycles. The smallest absolute Gasteiger partial charge is 0.387 e. The Morgan fingerprint density at radius 2 is 2.07 bits per heavy atom. The highest BCUT2D eigenvalue weighted by molar-refractivity contribution is 6.30. The van der Waals surface area contributed by atoms with Crippen LogP contribution in [0.5, 0.6) is 5.75 Å². The average Bonchev–Trinajstić information content (AvgIpc) is 2.10. The summed E-state index contributed by atoms with van der Waals surface area (Å²) in [6, 6.07) is 1.95. The van der Waals surface area contributed by atoms with Crippen LogP contribution in [0.4, 0.5) is 13.2 Å². The van der Waals surface area contributed by atoms with Gasteiger partial charge in [0.05, 0.1) is 5.02 Å². The molecular weight excluding hydrogens is 219 g/mol. The van der Waals surface area contributed by atoms with E-state index in [9.17, 15) is 13.2 Å². The van der Waals surface area contributed by atoms with E-state index in [1.807, 2.05) is 0 Å². The second-order valence-corrected chi connectivity index (χ2v) is 2.86. The monoisotopic (exact) mass is 225 g/mol. The summed E-state index contributed by atoms with van der Waals surface area (Å²) in [5.74, 6) is -1.11. The molecular formula is C8H7ClF3NO. The molecule has 6 heteroatoms. The zero-order valence-electron chi connectivity index (χ0n) is 6.94. The van der Waals surface area contributed by atoms with Crippen LogP contribution in [0.1, 0.15) is 5.56 Å². The quantitative estimate of drug-likeness (QED) is 0.858.